The molecule has 0 aliphatic carbocycles. The Labute approximate surface area is 118 Å². The molecule has 0 unspecified atom stereocenters. The standard InChI is InChI=1S/C15H21NO4/c1-9-10(2)20-11(3)13(9)14(17)16-8-6-5-7-12(16)15(18)19-4/h12H,5-8H2,1-4H3/t12-/m1/s1. The summed E-state index contributed by atoms with van der Waals surface area (Å²) < 4.78 is 10.3. The first-order valence-electron chi connectivity index (χ1n) is 6.92. The number of carbonyl (C=O) groups is 2. The van der Waals surface area contributed by atoms with Gasteiger partial charge in [0.15, 0.2) is 0 Å². The van der Waals surface area contributed by atoms with Crippen LogP contribution >= 0.6 is 0 Å². The Morgan fingerprint density at radius 1 is 1.20 bits per heavy atom. The lowest BCUT2D eigenvalue weighted by atomic mass is 10.00. The van der Waals surface area contributed by atoms with Crippen LogP contribution in [0.3, 0.4) is 0 Å². The summed E-state index contributed by atoms with van der Waals surface area (Å²) in [7, 11) is 1.36. The Balaban J connectivity index is 2.32. The fourth-order valence-electron chi connectivity index (χ4n) is 2.81. The molecule has 5 nitrogen and oxygen atoms in total. The summed E-state index contributed by atoms with van der Waals surface area (Å²) in [5.74, 6) is 0.886. The van der Waals surface area contributed by atoms with E-state index < -0.39 is 6.04 Å². The van der Waals surface area contributed by atoms with Gasteiger partial charge in [-0.15, -0.1) is 0 Å². The van der Waals surface area contributed by atoms with E-state index in [9.17, 15) is 9.59 Å². The first-order chi connectivity index (χ1) is 9.47. The fraction of sp³-hybridized carbons (Fsp3) is 0.600. The van der Waals surface area contributed by atoms with Crippen LogP contribution in [0.2, 0.25) is 0 Å². The third-order valence-electron chi connectivity index (χ3n) is 4.01. The van der Waals surface area contributed by atoms with Crippen molar-refractivity contribution < 1.29 is 18.7 Å². The Hall–Kier alpha value is -1.78. The van der Waals surface area contributed by atoms with Gasteiger partial charge in [0.2, 0.25) is 0 Å². The van der Waals surface area contributed by atoms with Crippen LogP contribution in [0.15, 0.2) is 4.42 Å². The molecule has 1 saturated heterocycles. The van der Waals surface area contributed by atoms with E-state index >= 15 is 0 Å². The number of hydrogen-bond donors (Lipinski definition) is 0. The van der Waals surface area contributed by atoms with Gasteiger partial charge in [-0.05, 0) is 40.0 Å². The second-order valence-electron chi connectivity index (χ2n) is 5.25. The van der Waals surface area contributed by atoms with E-state index in [0.717, 1.165) is 24.2 Å². The molecule has 0 saturated carbocycles. The van der Waals surface area contributed by atoms with Crippen LogP contribution in [-0.4, -0.2) is 36.5 Å². The van der Waals surface area contributed by atoms with Gasteiger partial charge in [0.05, 0.1) is 12.7 Å². The summed E-state index contributed by atoms with van der Waals surface area (Å²) in [6, 6.07) is -0.477. The van der Waals surface area contributed by atoms with Crippen molar-refractivity contribution in [1.82, 2.24) is 4.90 Å². The molecule has 0 bridgehead atoms. The molecule has 1 aromatic heterocycles. The molecule has 1 aliphatic heterocycles. The normalized spacial score (nSPS) is 19.0. The average molecular weight is 279 g/mol. The van der Waals surface area contributed by atoms with E-state index in [0.29, 0.717) is 24.3 Å². The third-order valence-corrected chi connectivity index (χ3v) is 4.01. The van der Waals surface area contributed by atoms with Crippen LogP contribution in [0.4, 0.5) is 0 Å². The molecule has 20 heavy (non-hydrogen) atoms. The van der Waals surface area contributed by atoms with Gasteiger partial charge in [0.1, 0.15) is 17.6 Å². The highest BCUT2D eigenvalue weighted by Crippen LogP contribution is 2.26. The largest absolute Gasteiger partial charge is 0.467 e. The molecular formula is C15H21NO4. The molecule has 0 spiro atoms. The van der Waals surface area contributed by atoms with Crippen LogP contribution in [0.25, 0.3) is 0 Å². The van der Waals surface area contributed by atoms with Gasteiger partial charge in [0, 0.05) is 12.1 Å². The zero-order chi connectivity index (χ0) is 14.9. The number of carbonyl (C=O) groups excluding carboxylic acids is 2. The number of amides is 1. The van der Waals surface area contributed by atoms with Gasteiger partial charge in [-0.3, -0.25) is 4.79 Å². The molecule has 2 heterocycles. The molecule has 1 aromatic rings. The van der Waals surface area contributed by atoms with Crippen molar-refractivity contribution in [2.24, 2.45) is 0 Å². The van der Waals surface area contributed by atoms with Crippen molar-refractivity contribution in [3.63, 3.8) is 0 Å². The zero-order valence-corrected chi connectivity index (χ0v) is 12.5. The zero-order valence-electron chi connectivity index (χ0n) is 12.5. The van der Waals surface area contributed by atoms with Crippen molar-refractivity contribution in [2.75, 3.05) is 13.7 Å². The lowest BCUT2D eigenvalue weighted by molar-refractivity contribution is -0.147. The van der Waals surface area contributed by atoms with Gasteiger partial charge in [0.25, 0.3) is 5.91 Å². The summed E-state index contributed by atoms with van der Waals surface area (Å²) in [5.41, 5.74) is 1.43. The average Bonchev–Trinajstić information content (AvgIpc) is 2.70. The maximum Gasteiger partial charge on any atom is 0.328 e. The molecule has 1 atom stereocenters. The second kappa shape index (κ2) is 5.69. The second-order valence-corrected chi connectivity index (χ2v) is 5.25. The molecule has 0 radical (unpaired) electrons. The molecule has 5 heteroatoms. The number of piperidine rings is 1. The first kappa shape index (κ1) is 14.6. The van der Waals surface area contributed by atoms with Gasteiger partial charge < -0.3 is 14.1 Å². The Kier molecular flexibility index (Phi) is 4.16. The highest BCUT2D eigenvalue weighted by atomic mass is 16.5. The van der Waals surface area contributed by atoms with E-state index in [1.54, 1.807) is 11.8 Å². The molecule has 1 fully saturated rings. The first-order valence-corrected chi connectivity index (χ1v) is 6.92. The van der Waals surface area contributed by atoms with E-state index in [2.05, 4.69) is 0 Å². The van der Waals surface area contributed by atoms with Crippen molar-refractivity contribution in [1.29, 1.82) is 0 Å². The summed E-state index contributed by atoms with van der Waals surface area (Å²) in [6.45, 7) is 6.08. The Morgan fingerprint density at radius 3 is 2.45 bits per heavy atom. The lowest BCUT2D eigenvalue weighted by Crippen LogP contribution is -2.48. The van der Waals surface area contributed by atoms with Crippen molar-refractivity contribution in [2.45, 2.75) is 46.1 Å². The van der Waals surface area contributed by atoms with Crippen molar-refractivity contribution in [3.8, 4) is 0 Å². The highest BCUT2D eigenvalue weighted by molar-refractivity contribution is 5.99. The highest BCUT2D eigenvalue weighted by Gasteiger charge is 2.35. The summed E-state index contributed by atoms with van der Waals surface area (Å²) in [5, 5.41) is 0. The molecule has 0 aromatic carbocycles. The van der Waals surface area contributed by atoms with Gasteiger partial charge in [-0.25, -0.2) is 4.79 Å². The van der Waals surface area contributed by atoms with Gasteiger partial charge in [-0.2, -0.15) is 0 Å². The number of likely N-dealkylation sites (tertiary alicyclic amines) is 1. The van der Waals surface area contributed by atoms with E-state index in [4.69, 9.17) is 9.15 Å². The molecule has 1 aliphatic rings. The number of aryl methyl sites for hydroxylation is 2. The number of esters is 1. The minimum atomic E-state index is -0.477. The summed E-state index contributed by atoms with van der Waals surface area (Å²) >= 11 is 0. The van der Waals surface area contributed by atoms with Crippen molar-refractivity contribution >= 4 is 11.9 Å². The van der Waals surface area contributed by atoms with E-state index in [1.807, 2.05) is 13.8 Å². The molecule has 1 amide bonds. The minimum absolute atomic E-state index is 0.132. The SMILES string of the molecule is COC(=O)[C@H]1CCCCN1C(=O)c1c(C)oc(C)c1C. The van der Waals surface area contributed by atoms with Crippen LogP contribution in [0.1, 0.15) is 46.7 Å². The van der Waals surface area contributed by atoms with Crippen LogP contribution in [-0.2, 0) is 9.53 Å². The maximum atomic E-state index is 12.7. The van der Waals surface area contributed by atoms with Crippen LogP contribution in [0.5, 0.6) is 0 Å². The van der Waals surface area contributed by atoms with E-state index in [-0.39, 0.29) is 11.9 Å². The quantitative estimate of drug-likeness (QED) is 0.780. The third kappa shape index (κ3) is 2.44. The van der Waals surface area contributed by atoms with Crippen LogP contribution in [0, 0.1) is 20.8 Å². The fourth-order valence-corrected chi connectivity index (χ4v) is 2.81. The van der Waals surface area contributed by atoms with Crippen molar-refractivity contribution in [3.05, 3.63) is 22.6 Å². The molecule has 2 rings (SSSR count). The number of hydrogen-bond acceptors (Lipinski definition) is 4. The monoisotopic (exact) mass is 279 g/mol. The van der Waals surface area contributed by atoms with Crippen LogP contribution < -0.4 is 0 Å². The van der Waals surface area contributed by atoms with Gasteiger partial charge in [-0.1, -0.05) is 0 Å². The number of methoxy groups -OCH3 is 1. The molecule has 0 N–H and O–H groups in total. The summed E-state index contributed by atoms with van der Waals surface area (Å²) in [4.78, 5) is 26.2. The predicted molar refractivity (Wildman–Crippen MR) is 73.6 cm³/mol. The number of furan rings is 1. The molecular weight excluding hydrogens is 258 g/mol. The Morgan fingerprint density at radius 2 is 1.90 bits per heavy atom. The lowest BCUT2D eigenvalue weighted by Gasteiger charge is -2.33. The number of rotatable bonds is 2. The number of nitrogens with zero attached hydrogens (tertiary/aromatic N) is 1. The maximum absolute atomic E-state index is 12.7. The molecule has 110 valence electrons. The summed E-state index contributed by atoms with van der Waals surface area (Å²) in [6.07, 6.45) is 2.51. The number of ether oxygens (including phenoxy) is 1. The minimum Gasteiger partial charge on any atom is -0.467 e. The predicted octanol–water partition coefficient (Wildman–Crippen LogP) is 2.37. The smallest absolute Gasteiger partial charge is 0.328 e. The van der Waals surface area contributed by atoms with E-state index in [1.165, 1.54) is 7.11 Å². The topological polar surface area (TPSA) is 59.8 Å². The van der Waals surface area contributed by atoms with Gasteiger partial charge >= 0.3 is 5.97 Å². The Bertz CT molecular complexity index is 532.